The Balaban J connectivity index is 3.07. The number of hydrogen-bond acceptors (Lipinski definition) is 2. The van der Waals surface area contributed by atoms with E-state index in [-0.39, 0.29) is 5.41 Å². The van der Waals surface area contributed by atoms with Crippen LogP contribution >= 0.6 is 0 Å². The van der Waals surface area contributed by atoms with Crippen LogP contribution in [-0.2, 0) is 6.42 Å². The highest BCUT2D eigenvalue weighted by Crippen LogP contribution is 2.23. The highest BCUT2D eigenvalue weighted by atomic mass is 14.8. The summed E-state index contributed by atoms with van der Waals surface area (Å²) < 4.78 is 0. The zero-order chi connectivity index (χ0) is 12.3. The van der Waals surface area contributed by atoms with Gasteiger partial charge in [-0.3, -0.25) is 9.98 Å². The fourth-order valence-electron chi connectivity index (χ4n) is 1.27. The van der Waals surface area contributed by atoms with Crippen molar-refractivity contribution >= 4 is 11.4 Å². The molecule has 0 atom stereocenters. The molecule has 1 heterocycles. The van der Waals surface area contributed by atoms with E-state index in [0.29, 0.717) is 0 Å². The van der Waals surface area contributed by atoms with E-state index in [1.807, 2.05) is 6.20 Å². The zero-order valence-electron chi connectivity index (χ0n) is 11.3. The number of aromatic nitrogens is 1. The van der Waals surface area contributed by atoms with Gasteiger partial charge in [0.2, 0.25) is 0 Å². The minimum Gasteiger partial charge on any atom is -0.259 e. The third-order valence-electron chi connectivity index (χ3n) is 2.88. The Morgan fingerprint density at radius 1 is 1.38 bits per heavy atom. The molecule has 0 radical (unpaired) electrons. The van der Waals surface area contributed by atoms with Gasteiger partial charge in [0.15, 0.2) is 0 Å². The molecular weight excluding hydrogens is 196 g/mol. The second-order valence-corrected chi connectivity index (χ2v) is 5.26. The lowest BCUT2D eigenvalue weighted by Crippen LogP contribution is -2.16. The minimum atomic E-state index is 0.121. The van der Waals surface area contributed by atoms with Crippen molar-refractivity contribution in [3.63, 3.8) is 0 Å². The van der Waals surface area contributed by atoms with Crippen LogP contribution in [0.15, 0.2) is 17.3 Å². The maximum Gasteiger partial charge on any atom is 0.0841 e. The summed E-state index contributed by atoms with van der Waals surface area (Å²) in [4.78, 5) is 9.05. The van der Waals surface area contributed by atoms with Crippen LogP contribution in [0.25, 0.3) is 0 Å². The third kappa shape index (κ3) is 3.16. The molecule has 0 amide bonds. The van der Waals surface area contributed by atoms with Crippen molar-refractivity contribution < 1.29 is 0 Å². The van der Waals surface area contributed by atoms with Crippen molar-refractivity contribution in [3.05, 3.63) is 23.5 Å². The number of nitrogens with zero attached hydrogens (tertiary/aromatic N) is 2. The van der Waals surface area contributed by atoms with E-state index in [1.54, 1.807) is 0 Å². The number of hydrogen-bond donors (Lipinski definition) is 0. The minimum absolute atomic E-state index is 0.121. The van der Waals surface area contributed by atoms with E-state index in [2.05, 4.69) is 57.6 Å². The van der Waals surface area contributed by atoms with Crippen molar-refractivity contribution in [1.82, 2.24) is 4.98 Å². The molecule has 1 aromatic rings. The van der Waals surface area contributed by atoms with Crippen molar-refractivity contribution in [2.24, 2.45) is 10.4 Å². The fraction of sp³-hybridized carbons (Fsp3) is 0.571. The largest absolute Gasteiger partial charge is 0.259 e. The molecular formula is C14H22N2. The standard InChI is InChI=1S/C14H22N2/c1-7-12-8-10(2)13(9-15-12)16-11(3)14(4,5)6/h8-9H,7H2,1-6H3. The smallest absolute Gasteiger partial charge is 0.0841 e. The van der Waals surface area contributed by atoms with E-state index >= 15 is 0 Å². The molecule has 0 spiro atoms. The van der Waals surface area contributed by atoms with Crippen molar-refractivity contribution in [3.8, 4) is 0 Å². The van der Waals surface area contributed by atoms with Crippen LogP contribution < -0.4 is 0 Å². The second kappa shape index (κ2) is 4.77. The van der Waals surface area contributed by atoms with E-state index in [1.165, 1.54) is 5.56 Å². The van der Waals surface area contributed by atoms with Gasteiger partial charge in [-0.05, 0) is 37.3 Å². The van der Waals surface area contributed by atoms with Crippen LogP contribution in [0.4, 0.5) is 5.69 Å². The van der Waals surface area contributed by atoms with Crippen molar-refractivity contribution in [2.75, 3.05) is 0 Å². The first kappa shape index (κ1) is 12.9. The average Bonchev–Trinajstić information content (AvgIpc) is 2.19. The summed E-state index contributed by atoms with van der Waals surface area (Å²) >= 11 is 0. The van der Waals surface area contributed by atoms with E-state index < -0.39 is 0 Å². The zero-order valence-corrected chi connectivity index (χ0v) is 11.3. The van der Waals surface area contributed by atoms with Crippen LogP contribution in [0.2, 0.25) is 0 Å². The molecule has 0 unspecified atom stereocenters. The van der Waals surface area contributed by atoms with Gasteiger partial charge < -0.3 is 0 Å². The van der Waals surface area contributed by atoms with Gasteiger partial charge in [0.05, 0.1) is 11.9 Å². The summed E-state index contributed by atoms with van der Waals surface area (Å²) in [6.45, 7) is 12.8. The van der Waals surface area contributed by atoms with Crippen LogP contribution in [0.1, 0.15) is 45.9 Å². The molecule has 0 aliphatic heterocycles. The number of rotatable bonds is 2. The van der Waals surface area contributed by atoms with Crippen molar-refractivity contribution in [2.45, 2.75) is 48.0 Å². The summed E-state index contributed by atoms with van der Waals surface area (Å²) in [5.41, 5.74) is 4.59. The van der Waals surface area contributed by atoms with Gasteiger partial charge in [0.25, 0.3) is 0 Å². The van der Waals surface area contributed by atoms with Gasteiger partial charge >= 0.3 is 0 Å². The maximum absolute atomic E-state index is 4.66. The summed E-state index contributed by atoms with van der Waals surface area (Å²) in [5.74, 6) is 0. The molecule has 1 rings (SSSR count). The third-order valence-corrected chi connectivity index (χ3v) is 2.88. The SMILES string of the molecule is CCc1cc(C)c(N=C(C)C(C)(C)C)cn1. The quantitative estimate of drug-likeness (QED) is 0.686. The first-order valence-corrected chi connectivity index (χ1v) is 5.86. The summed E-state index contributed by atoms with van der Waals surface area (Å²) in [6, 6.07) is 2.12. The lowest BCUT2D eigenvalue weighted by atomic mass is 9.91. The predicted octanol–water partition coefficient (Wildman–Crippen LogP) is 4.09. The van der Waals surface area contributed by atoms with Gasteiger partial charge in [-0.15, -0.1) is 0 Å². The highest BCUT2D eigenvalue weighted by Gasteiger charge is 2.14. The second-order valence-electron chi connectivity index (χ2n) is 5.26. The van der Waals surface area contributed by atoms with Gasteiger partial charge in [-0.1, -0.05) is 27.7 Å². The lowest BCUT2D eigenvalue weighted by Gasteiger charge is -2.18. The first-order valence-electron chi connectivity index (χ1n) is 5.86. The molecule has 0 N–H and O–H groups in total. The Kier molecular flexibility index (Phi) is 3.84. The molecule has 0 aliphatic rings. The van der Waals surface area contributed by atoms with Crippen LogP contribution in [-0.4, -0.2) is 10.7 Å². The average molecular weight is 218 g/mol. The normalized spacial score (nSPS) is 13.0. The summed E-state index contributed by atoms with van der Waals surface area (Å²) in [7, 11) is 0. The monoisotopic (exact) mass is 218 g/mol. The Bertz CT molecular complexity index is 398. The topological polar surface area (TPSA) is 25.2 Å². The number of aliphatic imine (C=N–C) groups is 1. The molecule has 0 saturated heterocycles. The fourth-order valence-corrected chi connectivity index (χ4v) is 1.27. The summed E-state index contributed by atoms with van der Waals surface area (Å²) in [5, 5.41) is 0. The lowest BCUT2D eigenvalue weighted by molar-refractivity contribution is 0.588. The molecule has 0 aromatic carbocycles. The molecule has 16 heavy (non-hydrogen) atoms. The van der Waals surface area contributed by atoms with E-state index in [9.17, 15) is 0 Å². The molecule has 2 nitrogen and oxygen atoms in total. The van der Waals surface area contributed by atoms with Crippen LogP contribution in [0.3, 0.4) is 0 Å². The van der Waals surface area contributed by atoms with E-state index in [4.69, 9.17) is 0 Å². The maximum atomic E-state index is 4.66. The van der Waals surface area contributed by atoms with Gasteiger partial charge in [-0.25, -0.2) is 0 Å². The highest BCUT2D eigenvalue weighted by molar-refractivity contribution is 5.89. The Hall–Kier alpha value is -1.18. The molecule has 0 fully saturated rings. The molecule has 2 heteroatoms. The summed E-state index contributed by atoms with van der Waals surface area (Å²) in [6.07, 6.45) is 2.85. The number of pyridine rings is 1. The van der Waals surface area contributed by atoms with Crippen molar-refractivity contribution in [1.29, 1.82) is 0 Å². The van der Waals surface area contributed by atoms with Crippen LogP contribution in [0.5, 0.6) is 0 Å². The molecule has 0 bridgehead atoms. The molecule has 0 saturated carbocycles. The van der Waals surface area contributed by atoms with Gasteiger partial charge in [0.1, 0.15) is 0 Å². The molecule has 88 valence electrons. The first-order chi connectivity index (χ1) is 7.34. The number of aryl methyl sites for hydroxylation is 2. The Morgan fingerprint density at radius 2 is 2.00 bits per heavy atom. The predicted molar refractivity (Wildman–Crippen MR) is 70.6 cm³/mol. The Labute approximate surface area is 98.8 Å². The molecule has 1 aromatic heterocycles. The molecule has 0 aliphatic carbocycles. The van der Waals surface area contributed by atoms with E-state index in [0.717, 1.165) is 23.5 Å². The van der Waals surface area contributed by atoms with Gasteiger partial charge in [0, 0.05) is 11.4 Å². The van der Waals surface area contributed by atoms with Crippen LogP contribution in [0, 0.1) is 12.3 Å². The van der Waals surface area contributed by atoms with Gasteiger partial charge in [-0.2, -0.15) is 0 Å². The Morgan fingerprint density at radius 3 is 2.44 bits per heavy atom.